The van der Waals surface area contributed by atoms with Crippen LogP contribution in [0.5, 0.6) is 11.9 Å². The number of H-pyrrole nitrogens is 1. The van der Waals surface area contributed by atoms with Gasteiger partial charge in [-0.1, -0.05) is 11.6 Å². The van der Waals surface area contributed by atoms with Crippen molar-refractivity contribution in [1.29, 1.82) is 0 Å². The predicted molar refractivity (Wildman–Crippen MR) is 138 cm³/mol. The first kappa shape index (κ1) is 26.8. The van der Waals surface area contributed by atoms with Crippen LogP contribution in [0.2, 0.25) is 5.02 Å². The molecule has 2 saturated heterocycles. The van der Waals surface area contributed by atoms with Gasteiger partial charge < -0.3 is 34.1 Å². The molecule has 40 heavy (non-hydrogen) atoms. The second-order valence-electron chi connectivity index (χ2n) is 9.73. The molecule has 0 radical (unpaired) electrons. The summed E-state index contributed by atoms with van der Waals surface area (Å²) in [4.78, 5) is 15.7. The van der Waals surface area contributed by atoms with Gasteiger partial charge in [0.05, 0.1) is 37.2 Å². The molecular formula is C27H25ClF2N4O6. The van der Waals surface area contributed by atoms with Gasteiger partial charge in [-0.3, -0.25) is 4.98 Å². The van der Waals surface area contributed by atoms with Crippen molar-refractivity contribution in [3.63, 3.8) is 0 Å². The van der Waals surface area contributed by atoms with Crippen LogP contribution in [0, 0.1) is 18.6 Å². The fourth-order valence-electron chi connectivity index (χ4n) is 4.88. The van der Waals surface area contributed by atoms with Gasteiger partial charge >= 0.3 is 0 Å². The third-order valence-corrected chi connectivity index (χ3v) is 7.35. The van der Waals surface area contributed by atoms with Gasteiger partial charge in [-0.05, 0) is 61.2 Å². The summed E-state index contributed by atoms with van der Waals surface area (Å²) < 4.78 is 50.2. The van der Waals surface area contributed by atoms with Gasteiger partial charge in [0.1, 0.15) is 22.8 Å². The first-order valence-electron chi connectivity index (χ1n) is 12.6. The Morgan fingerprint density at radius 3 is 2.85 bits per heavy atom. The minimum atomic E-state index is -1.82. The molecule has 6 rings (SSSR count). The number of benzene rings is 1. The highest BCUT2D eigenvalue weighted by Crippen LogP contribution is 2.37. The number of aryl methyl sites for hydroxylation is 1. The number of aromatic nitrogens is 4. The van der Waals surface area contributed by atoms with Gasteiger partial charge in [0, 0.05) is 5.56 Å². The molecule has 2 aliphatic rings. The van der Waals surface area contributed by atoms with Crippen molar-refractivity contribution >= 4 is 22.8 Å². The van der Waals surface area contributed by atoms with Crippen molar-refractivity contribution < 1.29 is 37.9 Å². The van der Waals surface area contributed by atoms with Crippen LogP contribution >= 0.6 is 11.6 Å². The number of aromatic amines is 1. The molecule has 4 aromatic rings. The number of nitrogens with zero attached hydrogens (tertiary/aromatic N) is 3. The van der Waals surface area contributed by atoms with Crippen LogP contribution in [0.3, 0.4) is 0 Å². The number of fused-ring (bicyclic) bond motifs is 2. The summed E-state index contributed by atoms with van der Waals surface area (Å²) in [6.45, 7) is 1.90. The van der Waals surface area contributed by atoms with Crippen LogP contribution in [0.4, 0.5) is 8.78 Å². The lowest BCUT2D eigenvalue weighted by Crippen LogP contribution is -2.47. The maximum Gasteiger partial charge on any atom is 0.296 e. The molecule has 10 nitrogen and oxygen atoms in total. The van der Waals surface area contributed by atoms with E-state index in [2.05, 4.69) is 19.9 Å². The average molecular weight is 575 g/mol. The number of hydrogen-bond acceptors (Lipinski definition) is 9. The SMILES string of the molecule is Cc1c(F)cc(-c2ccc(F)cn2)cc1CCCOc1nc2nc(O[C@@H]3CO[C@]4(O)[C@H](O)CO[C@H]34)[nH]c2cc1Cl. The summed E-state index contributed by atoms with van der Waals surface area (Å²) >= 11 is 6.37. The normalized spacial score (nSPS) is 24.0. The van der Waals surface area contributed by atoms with E-state index in [0.717, 1.165) is 11.8 Å². The predicted octanol–water partition coefficient (Wildman–Crippen LogP) is 3.50. The van der Waals surface area contributed by atoms with E-state index in [0.29, 0.717) is 40.8 Å². The van der Waals surface area contributed by atoms with Gasteiger partial charge in [-0.25, -0.2) is 8.78 Å². The van der Waals surface area contributed by atoms with Crippen molar-refractivity contribution in [2.75, 3.05) is 19.8 Å². The molecular weight excluding hydrogens is 550 g/mol. The van der Waals surface area contributed by atoms with E-state index >= 15 is 0 Å². The maximum absolute atomic E-state index is 14.6. The van der Waals surface area contributed by atoms with Gasteiger partial charge in [0.15, 0.2) is 17.9 Å². The minimum Gasteiger partial charge on any atom is -0.477 e. The Balaban J connectivity index is 1.09. The van der Waals surface area contributed by atoms with E-state index < -0.39 is 29.9 Å². The smallest absolute Gasteiger partial charge is 0.296 e. The van der Waals surface area contributed by atoms with Crippen molar-refractivity contribution in [3.8, 4) is 23.1 Å². The van der Waals surface area contributed by atoms with Crippen LogP contribution in [-0.4, -0.2) is 74.1 Å². The zero-order chi connectivity index (χ0) is 28.0. The number of hydrogen-bond donors (Lipinski definition) is 3. The molecule has 2 aliphatic heterocycles. The largest absolute Gasteiger partial charge is 0.477 e. The fraction of sp³-hybridized carbons (Fsp3) is 0.370. The first-order chi connectivity index (χ1) is 19.2. The molecule has 1 aromatic carbocycles. The van der Waals surface area contributed by atoms with E-state index in [4.69, 9.17) is 30.5 Å². The number of pyridine rings is 2. The molecule has 5 heterocycles. The van der Waals surface area contributed by atoms with Crippen molar-refractivity contribution in [2.45, 2.75) is 43.9 Å². The second kappa shape index (κ2) is 10.5. The number of halogens is 3. The molecule has 0 aliphatic carbocycles. The molecule has 0 saturated carbocycles. The lowest BCUT2D eigenvalue weighted by molar-refractivity contribution is -0.224. The molecule has 13 heteroatoms. The standard InChI is InChI=1S/C27H25ClF2N4O6/c1-13-14(7-15(8-18(13)30)19-5-4-16(29)10-31-19)3-2-6-37-25-17(28)9-20-24(33-25)34-26(32-20)40-21-11-39-27(36)22(35)12-38-23(21)27/h4-5,7-10,21-23,35-36H,2-3,6,11-12H2,1H3,(H,32,33,34)/t21-,22-,23-,27-/m1/s1. The Morgan fingerprint density at radius 1 is 1.20 bits per heavy atom. The number of aliphatic hydroxyl groups excluding tert-OH is 1. The Hall–Kier alpha value is -3.42. The Labute approximate surface area is 231 Å². The topological polar surface area (TPSA) is 132 Å². The monoisotopic (exact) mass is 574 g/mol. The number of imidazole rings is 1. The van der Waals surface area contributed by atoms with Crippen LogP contribution in [0.1, 0.15) is 17.5 Å². The average Bonchev–Trinajstić information content (AvgIpc) is 3.56. The summed E-state index contributed by atoms with van der Waals surface area (Å²) in [5.41, 5.74) is 3.16. The van der Waals surface area contributed by atoms with E-state index in [1.54, 1.807) is 13.0 Å². The summed E-state index contributed by atoms with van der Waals surface area (Å²) in [6, 6.07) is 7.75. The van der Waals surface area contributed by atoms with Crippen LogP contribution < -0.4 is 9.47 Å². The van der Waals surface area contributed by atoms with Crippen molar-refractivity contribution in [1.82, 2.24) is 19.9 Å². The highest BCUT2D eigenvalue weighted by Gasteiger charge is 2.60. The molecule has 210 valence electrons. The number of nitrogens with one attached hydrogen (secondary N) is 1. The quantitative estimate of drug-likeness (QED) is 0.271. The van der Waals surface area contributed by atoms with Gasteiger partial charge in [0.2, 0.25) is 11.7 Å². The lowest BCUT2D eigenvalue weighted by atomic mass is 9.98. The first-order valence-corrected chi connectivity index (χ1v) is 13.0. The summed E-state index contributed by atoms with van der Waals surface area (Å²) in [5, 5.41) is 20.6. The zero-order valence-electron chi connectivity index (χ0n) is 21.2. The maximum atomic E-state index is 14.6. The molecule has 0 amide bonds. The van der Waals surface area contributed by atoms with Crippen LogP contribution in [-0.2, 0) is 15.9 Å². The summed E-state index contributed by atoms with van der Waals surface area (Å²) in [5.74, 6) is -2.46. The third-order valence-electron chi connectivity index (χ3n) is 7.08. The summed E-state index contributed by atoms with van der Waals surface area (Å²) in [7, 11) is 0. The highest BCUT2D eigenvalue weighted by atomic mass is 35.5. The van der Waals surface area contributed by atoms with Gasteiger partial charge in [0.25, 0.3) is 6.01 Å². The third kappa shape index (κ3) is 4.97. The van der Waals surface area contributed by atoms with E-state index in [1.165, 1.54) is 18.2 Å². The van der Waals surface area contributed by atoms with E-state index in [9.17, 15) is 19.0 Å². The van der Waals surface area contributed by atoms with Gasteiger partial charge in [-0.15, -0.1) is 0 Å². The van der Waals surface area contributed by atoms with Crippen molar-refractivity contribution in [3.05, 3.63) is 64.3 Å². The van der Waals surface area contributed by atoms with Crippen LogP contribution in [0.15, 0.2) is 36.5 Å². The Morgan fingerprint density at radius 2 is 2.05 bits per heavy atom. The number of rotatable bonds is 8. The Kier molecular flexibility index (Phi) is 7.05. The lowest BCUT2D eigenvalue weighted by Gasteiger charge is -2.23. The fourth-order valence-corrected chi connectivity index (χ4v) is 5.08. The minimum absolute atomic E-state index is 0.00447. The molecule has 4 atom stereocenters. The number of ether oxygens (including phenoxy) is 4. The molecule has 0 spiro atoms. The highest BCUT2D eigenvalue weighted by molar-refractivity contribution is 6.32. The molecule has 0 unspecified atom stereocenters. The summed E-state index contributed by atoms with van der Waals surface area (Å²) in [6.07, 6.45) is -0.563. The van der Waals surface area contributed by atoms with Gasteiger partial charge in [-0.2, -0.15) is 9.97 Å². The molecule has 3 N–H and O–H groups in total. The van der Waals surface area contributed by atoms with E-state index in [1.807, 2.05) is 6.07 Å². The Bertz CT molecular complexity index is 1550. The zero-order valence-corrected chi connectivity index (χ0v) is 22.0. The van der Waals surface area contributed by atoms with Crippen molar-refractivity contribution in [2.24, 2.45) is 0 Å². The second-order valence-corrected chi connectivity index (χ2v) is 10.1. The molecule has 0 bridgehead atoms. The molecule has 3 aromatic heterocycles. The van der Waals surface area contributed by atoms with E-state index in [-0.39, 0.29) is 42.6 Å². The van der Waals surface area contributed by atoms with Crippen LogP contribution in [0.25, 0.3) is 22.4 Å². The number of aliphatic hydroxyl groups is 2. The molecule has 2 fully saturated rings.